The minimum atomic E-state index is -1.75. The molecule has 1 aliphatic heterocycles. The molecule has 2 fully saturated rings. The molecule has 1 heterocycles. The van der Waals surface area contributed by atoms with Crippen molar-refractivity contribution >= 4 is 58.3 Å². The first-order valence-corrected chi connectivity index (χ1v) is 7.05. The molecule has 0 amide bonds. The van der Waals surface area contributed by atoms with Gasteiger partial charge in [-0.1, -0.05) is 23.2 Å². The maximum atomic E-state index is 12.0. The van der Waals surface area contributed by atoms with Gasteiger partial charge in [0.2, 0.25) is 5.79 Å². The number of ether oxygens (including phenoxy) is 3. The molecular weight excluding hydrogens is 354 g/mol. The van der Waals surface area contributed by atoms with E-state index in [2.05, 4.69) is 4.74 Å². The molecule has 4 atom stereocenters. The Bertz CT molecular complexity index is 527. The third-order valence-corrected chi connectivity index (χ3v) is 6.87. The minimum Gasteiger partial charge on any atom is -0.393 e. The summed E-state index contributed by atoms with van der Waals surface area (Å²) in [6.07, 6.45) is 0. The van der Waals surface area contributed by atoms with Gasteiger partial charge in [-0.05, 0) is 0 Å². The molecule has 0 aromatic carbocycles. The Balaban J connectivity index is 2.37. The predicted molar refractivity (Wildman–Crippen MR) is 70.7 cm³/mol. The molecule has 0 spiro atoms. The lowest BCUT2D eigenvalue weighted by molar-refractivity contribution is -0.223. The zero-order chi connectivity index (χ0) is 15.1. The molecule has 0 N–H and O–H groups in total. The van der Waals surface area contributed by atoms with E-state index < -0.39 is 39.3 Å². The number of carbonyl (C=O) groups is 2. The van der Waals surface area contributed by atoms with Gasteiger partial charge in [0.25, 0.3) is 0 Å². The average molecular weight is 362 g/mol. The topological polar surface area (TPSA) is 61.8 Å². The van der Waals surface area contributed by atoms with Crippen molar-refractivity contribution in [2.24, 2.45) is 11.8 Å². The second kappa shape index (κ2) is 4.03. The zero-order valence-electron chi connectivity index (χ0n) is 10.2. The molecule has 5 nitrogen and oxygen atoms in total. The minimum absolute atomic E-state index is 0.0765. The normalized spacial score (nSPS) is 45.1. The van der Waals surface area contributed by atoms with Crippen LogP contribution in [0.25, 0.3) is 0 Å². The Kier molecular flexibility index (Phi) is 3.00. The molecule has 3 rings (SSSR count). The van der Waals surface area contributed by atoms with Crippen molar-refractivity contribution in [1.29, 1.82) is 0 Å². The van der Waals surface area contributed by atoms with Crippen LogP contribution in [0.4, 0.5) is 0 Å². The summed E-state index contributed by atoms with van der Waals surface area (Å²) in [6.45, 7) is 0. The number of methoxy groups -OCH3 is 2. The Hall–Kier alpha value is -0.0400. The second-order valence-electron chi connectivity index (χ2n) is 4.77. The summed E-state index contributed by atoms with van der Waals surface area (Å²) in [7, 11) is 2.57. The molecular formula is C11H8Cl4O5. The van der Waals surface area contributed by atoms with Crippen LogP contribution in [0, 0.1) is 11.8 Å². The third kappa shape index (κ3) is 1.12. The SMILES string of the molecule is COC1(OC)C2(Cl)C(Cl)=C(Cl)C1(Cl)C1C(=O)OC(=O)C12. The first-order chi connectivity index (χ1) is 9.24. The fraction of sp³-hybridized carbons (Fsp3) is 0.636. The van der Waals surface area contributed by atoms with Gasteiger partial charge in [-0.2, -0.15) is 0 Å². The van der Waals surface area contributed by atoms with Gasteiger partial charge >= 0.3 is 11.9 Å². The van der Waals surface area contributed by atoms with E-state index in [4.69, 9.17) is 55.9 Å². The molecule has 3 aliphatic rings. The molecule has 1 saturated heterocycles. The van der Waals surface area contributed by atoms with E-state index in [0.29, 0.717) is 0 Å². The smallest absolute Gasteiger partial charge is 0.319 e. The van der Waals surface area contributed by atoms with Gasteiger partial charge in [0.1, 0.15) is 11.8 Å². The number of halogens is 4. The molecule has 110 valence electrons. The fourth-order valence-corrected chi connectivity index (χ4v) is 5.67. The highest BCUT2D eigenvalue weighted by molar-refractivity contribution is 6.53. The van der Waals surface area contributed by atoms with Gasteiger partial charge in [-0.25, -0.2) is 0 Å². The predicted octanol–water partition coefficient (Wildman–Crippen LogP) is 1.96. The molecule has 0 aromatic heterocycles. The highest BCUT2D eigenvalue weighted by Crippen LogP contribution is 2.75. The van der Waals surface area contributed by atoms with Crippen molar-refractivity contribution in [2.45, 2.75) is 15.5 Å². The molecule has 1 saturated carbocycles. The van der Waals surface area contributed by atoms with E-state index >= 15 is 0 Å². The quantitative estimate of drug-likeness (QED) is 0.325. The molecule has 2 bridgehead atoms. The number of esters is 2. The summed E-state index contributed by atoms with van der Waals surface area (Å²) >= 11 is 25.4. The molecule has 9 heteroatoms. The fourth-order valence-electron chi connectivity index (χ4n) is 3.52. The Morgan fingerprint density at radius 1 is 0.950 bits per heavy atom. The van der Waals surface area contributed by atoms with Crippen LogP contribution in [0.3, 0.4) is 0 Å². The third-order valence-electron chi connectivity index (χ3n) is 4.26. The number of hydrogen-bond donors (Lipinski definition) is 0. The molecule has 0 radical (unpaired) electrons. The van der Waals surface area contributed by atoms with Gasteiger partial charge in [0, 0.05) is 14.2 Å². The van der Waals surface area contributed by atoms with Gasteiger partial charge in [0.15, 0.2) is 9.75 Å². The number of fused-ring (bicyclic) bond motifs is 5. The number of carbonyl (C=O) groups excluding carboxylic acids is 2. The number of rotatable bonds is 2. The lowest BCUT2D eigenvalue weighted by atomic mass is 9.84. The Morgan fingerprint density at radius 3 is 1.60 bits per heavy atom. The monoisotopic (exact) mass is 360 g/mol. The molecule has 4 unspecified atom stereocenters. The van der Waals surface area contributed by atoms with Crippen molar-refractivity contribution in [1.82, 2.24) is 0 Å². The van der Waals surface area contributed by atoms with Crippen LogP contribution in [-0.4, -0.2) is 41.7 Å². The largest absolute Gasteiger partial charge is 0.393 e. The van der Waals surface area contributed by atoms with Crippen LogP contribution >= 0.6 is 46.4 Å². The summed E-state index contributed by atoms with van der Waals surface area (Å²) in [5.41, 5.74) is 0. The lowest BCUT2D eigenvalue weighted by Gasteiger charge is -2.41. The zero-order valence-corrected chi connectivity index (χ0v) is 13.2. The average Bonchev–Trinajstić information content (AvgIpc) is 2.85. The summed E-state index contributed by atoms with van der Waals surface area (Å²) in [6, 6.07) is 0. The van der Waals surface area contributed by atoms with Gasteiger partial charge in [0.05, 0.1) is 10.1 Å². The van der Waals surface area contributed by atoms with Gasteiger partial charge in [-0.15, -0.1) is 23.2 Å². The molecule has 2 aliphatic carbocycles. The van der Waals surface area contributed by atoms with Crippen LogP contribution in [0.1, 0.15) is 0 Å². The van der Waals surface area contributed by atoms with Crippen LogP contribution < -0.4 is 0 Å². The summed E-state index contributed by atoms with van der Waals surface area (Å²) in [5, 5.41) is -0.153. The summed E-state index contributed by atoms with van der Waals surface area (Å²) in [5.74, 6) is -5.63. The van der Waals surface area contributed by atoms with Crippen LogP contribution in [0.15, 0.2) is 10.1 Å². The highest BCUT2D eigenvalue weighted by atomic mass is 35.5. The summed E-state index contributed by atoms with van der Waals surface area (Å²) in [4.78, 5) is 20.5. The maximum absolute atomic E-state index is 12.0. The van der Waals surface area contributed by atoms with E-state index in [9.17, 15) is 9.59 Å². The van der Waals surface area contributed by atoms with Crippen molar-refractivity contribution in [2.75, 3.05) is 14.2 Å². The van der Waals surface area contributed by atoms with E-state index in [1.165, 1.54) is 14.2 Å². The van der Waals surface area contributed by atoms with Crippen LogP contribution in [-0.2, 0) is 23.8 Å². The number of hydrogen-bond acceptors (Lipinski definition) is 5. The van der Waals surface area contributed by atoms with Crippen molar-refractivity contribution in [3.8, 4) is 0 Å². The van der Waals surface area contributed by atoms with E-state index in [-0.39, 0.29) is 10.1 Å². The standard InChI is InChI=1S/C11H8Cl4O5/c1-18-11(19-2)9(14)3-4(8(17)20-7(3)16)10(11,15)6(13)5(9)12/h3-4H,1-2H3. The van der Waals surface area contributed by atoms with Crippen LogP contribution in [0.5, 0.6) is 0 Å². The van der Waals surface area contributed by atoms with Crippen molar-refractivity contribution < 1.29 is 23.8 Å². The first kappa shape index (κ1) is 14.9. The molecule has 0 aromatic rings. The summed E-state index contributed by atoms with van der Waals surface area (Å²) < 4.78 is 15.3. The van der Waals surface area contributed by atoms with E-state index in [0.717, 1.165) is 0 Å². The van der Waals surface area contributed by atoms with E-state index in [1.807, 2.05) is 0 Å². The van der Waals surface area contributed by atoms with Crippen molar-refractivity contribution in [3.05, 3.63) is 10.1 Å². The Morgan fingerprint density at radius 2 is 1.30 bits per heavy atom. The highest BCUT2D eigenvalue weighted by Gasteiger charge is 2.89. The van der Waals surface area contributed by atoms with Gasteiger partial charge < -0.3 is 14.2 Å². The Labute approximate surface area is 134 Å². The van der Waals surface area contributed by atoms with Crippen molar-refractivity contribution in [3.63, 3.8) is 0 Å². The molecule has 20 heavy (non-hydrogen) atoms. The van der Waals surface area contributed by atoms with Gasteiger partial charge in [-0.3, -0.25) is 9.59 Å². The lowest BCUT2D eigenvalue weighted by Crippen LogP contribution is -2.58. The van der Waals surface area contributed by atoms with Crippen LogP contribution in [0.2, 0.25) is 0 Å². The number of alkyl halides is 2. The first-order valence-electron chi connectivity index (χ1n) is 5.54. The van der Waals surface area contributed by atoms with E-state index in [1.54, 1.807) is 0 Å². The second-order valence-corrected chi connectivity index (χ2v) is 6.72. The number of cyclic esters (lactones) is 2. The maximum Gasteiger partial charge on any atom is 0.319 e.